The van der Waals surface area contributed by atoms with Crippen LogP contribution in [0.15, 0.2) is 0 Å². The SMILES string of the molecule is Nc1nc(Cl)c(Cl)c(N)[n+]1[O-]. The van der Waals surface area contributed by atoms with Gasteiger partial charge in [0.05, 0.1) is 0 Å². The highest BCUT2D eigenvalue weighted by molar-refractivity contribution is 6.42. The minimum atomic E-state index is -0.322. The molecule has 0 aliphatic rings. The van der Waals surface area contributed by atoms with E-state index in [1.54, 1.807) is 0 Å². The predicted octanol–water partition coefficient (Wildman–Crippen LogP) is 0.186. The van der Waals surface area contributed by atoms with Gasteiger partial charge in [-0.25, -0.2) is 4.73 Å². The highest BCUT2D eigenvalue weighted by atomic mass is 35.5. The average molecular weight is 195 g/mol. The first-order chi connectivity index (χ1) is 5.04. The van der Waals surface area contributed by atoms with Gasteiger partial charge in [-0.05, 0) is 11.6 Å². The van der Waals surface area contributed by atoms with Gasteiger partial charge < -0.3 is 16.7 Å². The summed E-state index contributed by atoms with van der Waals surface area (Å²) in [6.07, 6.45) is 0. The first-order valence-corrected chi connectivity index (χ1v) is 3.29. The molecule has 0 saturated heterocycles. The van der Waals surface area contributed by atoms with Gasteiger partial charge in [-0.15, -0.1) is 0 Å². The van der Waals surface area contributed by atoms with E-state index in [0.717, 1.165) is 0 Å². The second kappa shape index (κ2) is 2.60. The summed E-state index contributed by atoms with van der Waals surface area (Å²) < 4.78 is 0.203. The normalized spacial score (nSPS) is 10.0. The van der Waals surface area contributed by atoms with Crippen LogP contribution in [0.1, 0.15) is 0 Å². The summed E-state index contributed by atoms with van der Waals surface area (Å²) in [5, 5.41) is 10.6. The van der Waals surface area contributed by atoms with Gasteiger partial charge in [0.15, 0.2) is 5.02 Å². The maximum absolute atomic E-state index is 10.8. The summed E-state index contributed by atoms with van der Waals surface area (Å²) in [5.74, 6) is -0.568. The van der Waals surface area contributed by atoms with Gasteiger partial charge in [-0.3, -0.25) is 0 Å². The second-order valence-electron chi connectivity index (χ2n) is 1.75. The summed E-state index contributed by atoms with van der Waals surface area (Å²) in [6, 6.07) is 0. The Morgan fingerprint density at radius 1 is 1.36 bits per heavy atom. The van der Waals surface area contributed by atoms with E-state index in [1.165, 1.54) is 0 Å². The first-order valence-electron chi connectivity index (χ1n) is 2.53. The highest BCUT2D eigenvalue weighted by Gasteiger charge is 2.13. The maximum atomic E-state index is 10.8. The van der Waals surface area contributed by atoms with Crippen LogP contribution in [0.4, 0.5) is 11.8 Å². The molecule has 7 heteroatoms. The molecule has 0 spiro atoms. The number of nitrogen functional groups attached to an aromatic ring is 2. The molecule has 0 fully saturated rings. The molecule has 0 radical (unpaired) electrons. The lowest BCUT2D eigenvalue weighted by molar-refractivity contribution is -0.576. The minimum absolute atomic E-state index is 0.0752. The molecule has 0 bridgehead atoms. The van der Waals surface area contributed by atoms with Crippen molar-refractivity contribution in [3.8, 4) is 0 Å². The zero-order valence-electron chi connectivity index (χ0n) is 5.21. The molecule has 0 atom stereocenters. The Morgan fingerprint density at radius 3 is 2.45 bits per heavy atom. The van der Waals surface area contributed by atoms with Crippen LogP contribution in [0.2, 0.25) is 10.2 Å². The van der Waals surface area contributed by atoms with Gasteiger partial charge in [-0.2, -0.15) is 0 Å². The van der Waals surface area contributed by atoms with Crippen molar-refractivity contribution in [2.75, 3.05) is 11.5 Å². The summed E-state index contributed by atoms with van der Waals surface area (Å²) in [5.41, 5.74) is 10.3. The summed E-state index contributed by atoms with van der Waals surface area (Å²) >= 11 is 10.9. The van der Waals surface area contributed by atoms with Gasteiger partial charge in [0, 0.05) is 0 Å². The van der Waals surface area contributed by atoms with Crippen molar-refractivity contribution in [2.45, 2.75) is 0 Å². The van der Waals surface area contributed by atoms with Gasteiger partial charge in [0.1, 0.15) is 0 Å². The lowest BCUT2D eigenvalue weighted by Gasteiger charge is -2.09. The zero-order valence-corrected chi connectivity index (χ0v) is 6.73. The number of rotatable bonds is 0. The Morgan fingerprint density at radius 2 is 1.91 bits per heavy atom. The fourth-order valence-electron chi connectivity index (χ4n) is 0.513. The van der Waals surface area contributed by atoms with Crippen molar-refractivity contribution in [2.24, 2.45) is 0 Å². The van der Waals surface area contributed by atoms with Crippen molar-refractivity contribution in [3.05, 3.63) is 15.4 Å². The van der Waals surface area contributed by atoms with E-state index in [0.29, 0.717) is 0 Å². The van der Waals surface area contributed by atoms with Gasteiger partial charge in [-0.1, -0.05) is 16.6 Å². The van der Waals surface area contributed by atoms with Crippen molar-refractivity contribution < 1.29 is 4.73 Å². The Labute approximate surface area is 72.1 Å². The smallest absolute Gasteiger partial charge is 0.345 e. The van der Waals surface area contributed by atoms with Crippen LogP contribution < -0.4 is 16.2 Å². The Bertz CT molecular complexity index is 276. The lowest BCUT2D eigenvalue weighted by Crippen LogP contribution is -2.35. The molecule has 1 aromatic rings. The molecule has 0 aromatic carbocycles. The molecule has 0 aliphatic heterocycles. The topological polar surface area (TPSA) is 91.9 Å². The number of hydrogen-bond donors (Lipinski definition) is 2. The Hall–Kier alpha value is -0.940. The summed E-state index contributed by atoms with van der Waals surface area (Å²) in [4.78, 5) is 3.42. The number of nitrogens with two attached hydrogens (primary N) is 2. The molecule has 5 nitrogen and oxygen atoms in total. The molecule has 11 heavy (non-hydrogen) atoms. The van der Waals surface area contributed by atoms with Crippen LogP contribution in [0, 0.1) is 5.21 Å². The molecule has 60 valence electrons. The molecular weight excluding hydrogens is 191 g/mol. The third-order valence-corrected chi connectivity index (χ3v) is 1.79. The number of nitrogens with zero attached hydrogens (tertiary/aromatic N) is 2. The standard InChI is InChI=1S/C4H4Cl2N4O/c5-1-2(6)9-4(8)10(11)3(1)7/h7H2,(H2,8,9). The minimum Gasteiger partial charge on any atom is -0.754 e. The number of halogens is 2. The molecule has 0 amide bonds. The van der Waals surface area contributed by atoms with Gasteiger partial charge >= 0.3 is 5.95 Å². The van der Waals surface area contributed by atoms with Crippen LogP contribution >= 0.6 is 23.2 Å². The fraction of sp³-hybridized carbons (Fsp3) is 0. The molecule has 1 heterocycles. The largest absolute Gasteiger partial charge is 0.754 e. The van der Waals surface area contributed by atoms with Crippen LogP contribution in [0.3, 0.4) is 0 Å². The quantitative estimate of drug-likeness (QED) is 0.351. The molecular formula is C4H4Cl2N4O. The Balaban J connectivity index is 3.46. The molecule has 0 aliphatic carbocycles. The van der Waals surface area contributed by atoms with Crippen LogP contribution in [0.25, 0.3) is 0 Å². The van der Waals surface area contributed by atoms with Crippen LogP contribution in [-0.2, 0) is 0 Å². The van der Waals surface area contributed by atoms with Crippen LogP contribution in [-0.4, -0.2) is 4.98 Å². The van der Waals surface area contributed by atoms with E-state index in [1.807, 2.05) is 0 Å². The zero-order chi connectivity index (χ0) is 8.59. The van der Waals surface area contributed by atoms with Crippen molar-refractivity contribution in [1.82, 2.24) is 4.98 Å². The molecule has 1 aromatic heterocycles. The number of anilines is 2. The highest BCUT2D eigenvalue weighted by Crippen LogP contribution is 2.23. The Kier molecular flexibility index (Phi) is 1.92. The number of hydrogen-bond acceptors (Lipinski definition) is 4. The molecule has 1 rings (SSSR count). The fourth-order valence-corrected chi connectivity index (χ4v) is 0.816. The van der Waals surface area contributed by atoms with E-state index in [-0.39, 0.29) is 26.7 Å². The monoisotopic (exact) mass is 194 g/mol. The first kappa shape index (κ1) is 8.16. The molecule has 0 saturated carbocycles. The van der Waals surface area contributed by atoms with E-state index in [2.05, 4.69) is 4.98 Å². The van der Waals surface area contributed by atoms with Crippen molar-refractivity contribution >= 4 is 35.0 Å². The summed E-state index contributed by atoms with van der Waals surface area (Å²) in [6.45, 7) is 0. The summed E-state index contributed by atoms with van der Waals surface area (Å²) in [7, 11) is 0. The van der Waals surface area contributed by atoms with E-state index in [4.69, 9.17) is 34.7 Å². The lowest BCUT2D eigenvalue weighted by atomic mass is 10.6. The molecule has 0 unspecified atom stereocenters. The van der Waals surface area contributed by atoms with Gasteiger partial charge in [0.2, 0.25) is 11.0 Å². The maximum Gasteiger partial charge on any atom is 0.345 e. The van der Waals surface area contributed by atoms with Crippen molar-refractivity contribution in [3.63, 3.8) is 0 Å². The van der Waals surface area contributed by atoms with Gasteiger partial charge in [0.25, 0.3) is 0 Å². The molecule has 4 N–H and O–H groups in total. The average Bonchev–Trinajstić information content (AvgIpc) is 1.97. The van der Waals surface area contributed by atoms with E-state index >= 15 is 0 Å². The second-order valence-corrected chi connectivity index (χ2v) is 2.49. The van der Waals surface area contributed by atoms with E-state index in [9.17, 15) is 5.21 Å². The number of aromatic nitrogens is 2. The van der Waals surface area contributed by atoms with Crippen molar-refractivity contribution in [1.29, 1.82) is 0 Å². The van der Waals surface area contributed by atoms with Crippen LogP contribution in [0.5, 0.6) is 0 Å². The third-order valence-electron chi connectivity index (χ3n) is 1.05. The third kappa shape index (κ3) is 1.24. The van der Waals surface area contributed by atoms with E-state index < -0.39 is 0 Å². The predicted molar refractivity (Wildman–Crippen MR) is 42.0 cm³/mol.